The second-order valence-corrected chi connectivity index (χ2v) is 3.84. The van der Waals surface area contributed by atoms with Gasteiger partial charge >= 0.3 is 0 Å². The minimum absolute atomic E-state index is 0.160. The standard InChI is InChI=1S/C9H7BrN4O2/c10-5-3-1-2-4(6(5)11)9-13-8(7(12)15)14-16-9/h1-3H,11H2,(H2,12,15). The number of primary amides is 1. The number of rotatable bonds is 2. The summed E-state index contributed by atoms with van der Waals surface area (Å²) in [5, 5.41) is 3.43. The summed E-state index contributed by atoms with van der Waals surface area (Å²) in [6.45, 7) is 0. The van der Waals surface area contributed by atoms with E-state index in [1.54, 1.807) is 18.2 Å². The SMILES string of the molecule is NC(=O)c1noc(-c2cccc(Br)c2N)n1. The number of halogens is 1. The van der Waals surface area contributed by atoms with Crippen molar-refractivity contribution in [2.75, 3.05) is 5.73 Å². The predicted molar refractivity (Wildman–Crippen MR) is 60.4 cm³/mol. The van der Waals surface area contributed by atoms with Gasteiger partial charge in [0.2, 0.25) is 0 Å². The summed E-state index contributed by atoms with van der Waals surface area (Å²) in [6.07, 6.45) is 0. The van der Waals surface area contributed by atoms with Crippen LogP contribution in [0.1, 0.15) is 10.6 Å². The van der Waals surface area contributed by atoms with Crippen molar-refractivity contribution in [1.29, 1.82) is 0 Å². The Bertz CT molecular complexity index is 552. The largest absolute Gasteiger partial charge is 0.397 e. The van der Waals surface area contributed by atoms with Crippen LogP contribution in [0.15, 0.2) is 27.2 Å². The third-order valence-corrected chi connectivity index (χ3v) is 2.62. The van der Waals surface area contributed by atoms with Crippen LogP contribution in [0.25, 0.3) is 11.5 Å². The molecule has 0 spiro atoms. The molecule has 0 atom stereocenters. The third-order valence-electron chi connectivity index (χ3n) is 1.93. The van der Waals surface area contributed by atoms with Gasteiger partial charge in [0.05, 0.1) is 11.3 Å². The van der Waals surface area contributed by atoms with Crippen LogP contribution in [0.5, 0.6) is 0 Å². The molecule has 2 aromatic rings. The molecule has 4 N–H and O–H groups in total. The molecular weight excluding hydrogens is 276 g/mol. The number of carbonyl (C=O) groups excluding carboxylic acids is 1. The molecule has 0 radical (unpaired) electrons. The minimum atomic E-state index is -0.747. The van der Waals surface area contributed by atoms with Crippen molar-refractivity contribution in [2.45, 2.75) is 0 Å². The molecule has 0 saturated heterocycles. The van der Waals surface area contributed by atoms with Gasteiger partial charge in [-0.2, -0.15) is 4.98 Å². The average Bonchev–Trinajstić information content (AvgIpc) is 2.71. The van der Waals surface area contributed by atoms with Crippen LogP contribution in [0, 0.1) is 0 Å². The van der Waals surface area contributed by atoms with E-state index in [1.807, 2.05) is 0 Å². The van der Waals surface area contributed by atoms with E-state index in [-0.39, 0.29) is 11.7 Å². The Balaban J connectivity index is 2.50. The lowest BCUT2D eigenvalue weighted by Gasteiger charge is -2.01. The number of nitrogen functional groups attached to an aromatic ring is 1. The Morgan fingerprint density at radius 3 is 2.81 bits per heavy atom. The van der Waals surface area contributed by atoms with Crippen molar-refractivity contribution >= 4 is 27.5 Å². The maximum absolute atomic E-state index is 10.8. The van der Waals surface area contributed by atoms with Gasteiger partial charge in [-0.3, -0.25) is 4.79 Å². The number of nitrogens with two attached hydrogens (primary N) is 2. The van der Waals surface area contributed by atoms with Crippen LogP contribution in [0.3, 0.4) is 0 Å². The first-order valence-electron chi connectivity index (χ1n) is 4.27. The second kappa shape index (κ2) is 3.93. The summed E-state index contributed by atoms with van der Waals surface area (Å²) in [6, 6.07) is 5.26. The molecule has 6 nitrogen and oxygen atoms in total. The number of aromatic nitrogens is 2. The molecule has 16 heavy (non-hydrogen) atoms. The van der Waals surface area contributed by atoms with E-state index < -0.39 is 5.91 Å². The van der Waals surface area contributed by atoms with Crippen molar-refractivity contribution < 1.29 is 9.32 Å². The van der Waals surface area contributed by atoms with Crippen LogP contribution < -0.4 is 11.5 Å². The van der Waals surface area contributed by atoms with Crippen LogP contribution >= 0.6 is 15.9 Å². The molecule has 1 aromatic heterocycles. The normalized spacial score (nSPS) is 10.3. The van der Waals surface area contributed by atoms with Crippen LogP contribution in [0.4, 0.5) is 5.69 Å². The van der Waals surface area contributed by atoms with E-state index in [1.165, 1.54) is 0 Å². The summed E-state index contributed by atoms with van der Waals surface area (Å²) >= 11 is 3.27. The average molecular weight is 283 g/mol. The number of benzene rings is 1. The zero-order chi connectivity index (χ0) is 11.7. The van der Waals surface area contributed by atoms with E-state index in [4.69, 9.17) is 16.0 Å². The smallest absolute Gasteiger partial charge is 0.290 e. The summed E-state index contributed by atoms with van der Waals surface area (Å²) in [5.41, 5.74) is 11.8. The number of carbonyl (C=O) groups is 1. The molecule has 0 aliphatic heterocycles. The Morgan fingerprint density at radius 1 is 1.44 bits per heavy atom. The monoisotopic (exact) mass is 282 g/mol. The van der Waals surface area contributed by atoms with Crippen LogP contribution in [0.2, 0.25) is 0 Å². The highest BCUT2D eigenvalue weighted by molar-refractivity contribution is 9.10. The summed E-state index contributed by atoms with van der Waals surface area (Å²) in [5.74, 6) is -0.759. The van der Waals surface area contributed by atoms with Crippen LogP contribution in [-0.4, -0.2) is 16.0 Å². The Hall–Kier alpha value is -1.89. The zero-order valence-corrected chi connectivity index (χ0v) is 9.56. The fraction of sp³-hybridized carbons (Fsp3) is 0. The molecule has 0 unspecified atom stereocenters. The van der Waals surface area contributed by atoms with Crippen molar-refractivity contribution in [3.05, 3.63) is 28.5 Å². The number of anilines is 1. The fourth-order valence-corrected chi connectivity index (χ4v) is 1.52. The molecule has 0 saturated carbocycles. The summed E-state index contributed by atoms with van der Waals surface area (Å²) in [7, 11) is 0. The molecule has 0 aliphatic rings. The fourth-order valence-electron chi connectivity index (χ4n) is 1.16. The van der Waals surface area contributed by atoms with Crippen molar-refractivity contribution in [3.63, 3.8) is 0 Å². The van der Waals surface area contributed by atoms with Gasteiger partial charge in [-0.1, -0.05) is 11.2 Å². The second-order valence-electron chi connectivity index (χ2n) is 2.99. The molecule has 0 aliphatic carbocycles. The number of hydrogen-bond donors (Lipinski definition) is 2. The Morgan fingerprint density at radius 2 is 2.19 bits per heavy atom. The summed E-state index contributed by atoms with van der Waals surface area (Å²) < 4.78 is 5.60. The third kappa shape index (κ3) is 1.76. The lowest BCUT2D eigenvalue weighted by atomic mass is 10.2. The lowest BCUT2D eigenvalue weighted by Crippen LogP contribution is -2.12. The first-order valence-corrected chi connectivity index (χ1v) is 5.06. The summed E-state index contributed by atoms with van der Waals surface area (Å²) in [4.78, 5) is 14.6. The number of hydrogen-bond acceptors (Lipinski definition) is 5. The Labute approximate surface area is 98.7 Å². The molecule has 2 rings (SSSR count). The van der Waals surface area contributed by atoms with Gasteiger partial charge in [0.15, 0.2) is 0 Å². The number of para-hydroxylation sites is 1. The molecule has 0 bridgehead atoms. The first kappa shape index (κ1) is 10.6. The van der Waals surface area contributed by atoms with Gasteiger partial charge in [-0.15, -0.1) is 0 Å². The van der Waals surface area contributed by atoms with E-state index in [0.717, 1.165) is 0 Å². The molecule has 1 aromatic carbocycles. The molecular formula is C9H7BrN4O2. The molecule has 82 valence electrons. The highest BCUT2D eigenvalue weighted by atomic mass is 79.9. The Kier molecular flexibility index (Phi) is 2.61. The lowest BCUT2D eigenvalue weighted by molar-refractivity contribution is 0.0987. The molecule has 1 amide bonds. The highest BCUT2D eigenvalue weighted by Gasteiger charge is 2.15. The van der Waals surface area contributed by atoms with Crippen molar-refractivity contribution in [3.8, 4) is 11.5 Å². The van der Waals surface area contributed by atoms with E-state index in [2.05, 4.69) is 26.1 Å². The molecule has 0 fully saturated rings. The van der Waals surface area contributed by atoms with Gasteiger partial charge in [0, 0.05) is 4.47 Å². The van der Waals surface area contributed by atoms with Gasteiger partial charge in [0.25, 0.3) is 17.6 Å². The van der Waals surface area contributed by atoms with Gasteiger partial charge in [0.1, 0.15) is 0 Å². The van der Waals surface area contributed by atoms with Crippen molar-refractivity contribution in [2.24, 2.45) is 5.73 Å². The van der Waals surface area contributed by atoms with Gasteiger partial charge in [-0.25, -0.2) is 0 Å². The number of amides is 1. The maximum atomic E-state index is 10.8. The van der Waals surface area contributed by atoms with E-state index >= 15 is 0 Å². The predicted octanol–water partition coefficient (Wildman–Crippen LogP) is 1.18. The first-order chi connectivity index (χ1) is 7.59. The molecule has 7 heteroatoms. The topological polar surface area (TPSA) is 108 Å². The van der Waals surface area contributed by atoms with Gasteiger partial charge in [-0.05, 0) is 28.1 Å². The van der Waals surface area contributed by atoms with E-state index in [0.29, 0.717) is 15.7 Å². The number of nitrogens with zero attached hydrogens (tertiary/aromatic N) is 2. The quantitative estimate of drug-likeness (QED) is 0.804. The van der Waals surface area contributed by atoms with E-state index in [9.17, 15) is 4.79 Å². The minimum Gasteiger partial charge on any atom is -0.397 e. The maximum Gasteiger partial charge on any atom is 0.290 e. The van der Waals surface area contributed by atoms with Crippen LogP contribution in [-0.2, 0) is 0 Å². The highest BCUT2D eigenvalue weighted by Crippen LogP contribution is 2.30. The molecule has 1 heterocycles. The van der Waals surface area contributed by atoms with Crippen molar-refractivity contribution in [1.82, 2.24) is 10.1 Å². The zero-order valence-electron chi connectivity index (χ0n) is 7.98. The van der Waals surface area contributed by atoms with Gasteiger partial charge < -0.3 is 16.0 Å².